The van der Waals surface area contributed by atoms with Crippen LogP contribution in [-0.4, -0.2) is 22.7 Å². The molecule has 5 heteroatoms. The Morgan fingerprint density at radius 2 is 2.16 bits per heavy atom. The summed E-state index contributed by atoms with van der Waals surface area (Å²) in [6, 6.07) is 0. The van der Waals surface area contributed by atoms with Crippen LogP contribution in [0.25, 0.3) is 0 Å². The molecule has 0 saturated heterocycles. The monoisotopic (exact) mass is 264 g/mol. The van der Waals surface area contributed by atoms with Crippen LogP contribution in [-0.2, 0) is 12.1 Å². The first-order chi connectivity index (χ1) is 8.93. The van der Waals surface area contributed by atoms with Crippen LogP contribution in [0.15, 0.2) is 0 Å². The number of hydrogen-bond donors (Lipinski definition) is 1. The van der Waals surface area contributed by atoms with Gasteiger partial charge in [0.1, 0.15) is 13.0 Å². The Bertz CT molecular complexity index is 432. The van der Waals surface area contributed by atoms with E-state index < -0.39 is 5.67 Å². The molecule has 0 amide bonds. The SMILES string of the molecule is C[B]C(C)(C)C1CCc2n[nH]nc2C(F)(CC)CC1. The Labute approximate surface area is 116 Å². The number of H-pyrrole nitrogens is 1. The lowest BCUT2D eigenvalue weighted by atomic mass is 9.49. The molecule has 3 nitrogen and oxygen atoms in total. The first kappa shape index (κ1) is 14.5. The van der Waals surface area contributed by atoms with Crippen molar-refractivity contribution in [3.05, 3.63) is 11.4 Å². The van der Waals surface area contributed by atoms with E-state index in [0.717, 1.165) is 25.0 Å². The van der Waals surface area contributed by atoms with Crippen LogP contribution >= 0.6 is 0 Å². The lowest BCUT2D eigenvalue weighted by Gasteiger charge is -2.37. The number of hydrogen-bond acceptors (Lipinski definition) is 2. The minimum absolute atomic E-state index is 0.149. The zero-order valence-electron chi connectivity index (χ0n) is 12.5. The van der Waals surface area contributed by atoms with Crippen molar-refractivity contribution in [1.29, 1.82) is 0 Å². The van der Waals surface area contributed by atoms with Crippen LogP contribution in [0.4, 0.5) is 4.39 Å². The third-order valence-electron chi connectivity index (χ3n) is 5.02. The molecule has 0 aliphatic heterocycles. The number of fused-ring (bicyclic) bond motifs is 1. The topological polar surface area (TPSA) is 41.6 Å². The lowest BCUT2D eigenvalue weighted by Crippen LogP contribution is -2.30. The molecule has 2 atom stereocenters. The van der Waals surface area contributed by atoms with Gasteiger partial charge in [-0.1, -0.05) is 32.9 Å². The molecular formula is C14H24BFN3. The highest BCUT2D eigenvalue weighted by Crippen LogP contribution is 2.45. The maximum Gasteiger partial charge on any atom is 0.156 e. The minimum atomic E-state index is -1.31. The van der Waals surface area contributed by atoms with Crippen LogP contribution in [0.1, 0.15) is 57.8 Å². The third-order valence-corrected chi connectivity index (χ3v) is 5.02. The fourth-order valence-electron chi connectivity index (χ4n) is 3.09. The van der Waals surface area contributed by atoms with Gasteiger partial charge in [0.05, 0.1) is 5.69 Å². The van der Waals surface area contributed by atoms with Crippen molar-refractivity contribution >= 4 is 7.28 Å². The van der Waals surface area contributed by atoms with Crippen molar-refractivity contribution in [2.75, 3.05) is 0 Å². The number of aromatic nitrogens is 3. The standard InChI is InChI=1S/C14H24BFN3/c1-5-14(16)9-8-10(13(2,3)15-4)6-7-11-12(14)18-19-17-11/h10H,5-9H2,1-4H3,(H,17,18,19). The summed E-state index contributed by atoms with van der Waals surface area (Å²) in [6.45, 7) is 8.48. The predicted octanol–water partition coefficient (Wildman–Crippen LogP) is 3.67. The molecule has 0 spiro atoms. The summed E-state index contributed by atoms with van der Waals surface area (Å²) in [5, 5.41) is 11.0. The Morgan fingerprint density at radius 1 is 1.42 bits per heavy atom. The molecule has 0 saturated carbocycles. The number of nitrogens with zero attached hydrogens (tertiary/aromatic N) is 2. The van der Waals surface area contributed by atoms with Crippen LogP contribution in [0.5, 0.6) is 0 Å². The molecule has 2 rings (SSSR count). The molecular weight excluding hydrogens is 240 g/mol. The summed E-state index contributed by atoms with van der Waals surface area (Å²) in [7, 11) is 2.24. The second-order valence-corrected chi connectivity index (χ2v) is 6.32. The molecule has 2 unspecified atom stereocenters. The van der Waals surface area contributed by atoms with Crippen LogP contribution < -0.4 is 0 Å². The van der Waals surface area contributed by atoms with Gasteiger partial charge in [0.25, 0.3) is 0 Å². The highest BCUT2D eigenvalue weighted by molar-refractivity contribution is 6.38. The fourth-order valence-corrected chi connectivity index (χ4v) is 3.09. The number of rotatable bonds is 3. The number of aromatic amines is 1. The molecule has 0 aromatic carbocycles. The van der Waals surface area contributed by atoms with Gasteiger partial charge in [0, 0.05) is 0 Å². The third kappa shape index (κ3) is 2.70. The van der Waals surface area contributed by atoms with Gasteiger partial charge < -0.3 is 0 Å². The van der Waals surface area contributed by atoms with Crippen molar-refractivity contribution < 1.29 is 4.39 Å². The number of halogens is 1. The largest absolute Gasteiger partial charge is 0.237 e. The Hall–Kier alpha value is -0.865. The average Bonchev–Trinajstić information content (AvgIpc) is 2.84. The zero-order valence-corrected chi connectivity index (χ0v) is 12.5. The second kappa shape index (κ2) is 5.26. The average molecular weight is 264 g/mol. The molecule has 105 valence electrons. The van der Waals surface area contributed by atoms with Gasteiger partial charge in [-0.15, -0.1) is 0 Å². The molecule has 1 aromatic heterocycles. The van der Waals surface area contributed by atoms with Gasteiger partial charge in [-0.2, -0.15) is 15.4 Å². The van der Waals surface area contributed by atoms with Gasteiger partial charge >= 0.3 is 0 Å². The van der Waals surface area contributed by atoms with Gasteiger partial charge in [0.2, 0.25) is 0 Å². The molecule has 1 N–H and O–H groups in total. The minimum Gasteiger partial charge on any atom is -0.237 e. The van der Waals surface area contributed by atoms with Crippen molar-refractivity contribution in [2.45, 2.75) is 70.7 Å². The zero-order chi connectivity index (χ0) is 14.1. The molecule has 1 radical (unpaired) electrons. The predicted molar refractivity (Wildman–Crippen MR) is 76.2 cm³/mol. The molecule has 19 heavy (non-hydrogen) atoms. The first-order valence-corrected chi connectivity index (χ1v) is 7.32. The Kier molecular flexibility index (Phi) is 4.02. The van der Waals surface area contributed by atoms with E-state index in [0.29, 0.717) is 24.5 Å². The molecule has 0 fully saturated rings. The van der Waals surface area contributed by atoms with Crippen molar-refractivity contribution in [3.8, 4) is 0 Å². The molecule has 1 heterocycles. The van der Waals surface area contributed by atoms with Crippen LogP contribution in [0, 0.1) is 5.92 Å². The van der Waals surface area contributed by atoms with Gasteiger partial charge in [-0.25, -0.2) is 4.39 Å². The van der Waals surface area contributed by atoms with E-state index in [1.165, 1.54) is 0 Å². The van der Waals surface area contributed by atoms with E-state index >= 15 is 4.39 Å². The molecule has 1 aliphatic carbocycles. The molecule has 0 bridgehead atoms. The quantitative estimate of drug-likeness (QED) is 0.846. The molecule has 1 aliphatic rings. The summed E-state index contributed by atoms with van der Waals surface area (Å²) in [6.07, 6.45) is 3.80. The van der Waals surface area contributed by atoms with Crippen LogP contribution in [0.3, 0.4) is 0 Å². The highest BCUT2D eigenvalue weighted by Gasteiger charge is 2.40. The number of alkyl halides is 1. The fraction of sp³-hybridized carbons (Fsp3) is 0.857. The summed E-state index contributed by atoms with van der Waals surface area (Å²) >= 11 is 0. The van der Waals surface area contributed by atoms with Crippen molar-refractivity contribution in [3.63, 3.8) is 0 Å². The van der Waals surface area contributed by atoms with Gasteiger partial charge in [0.15, 0.2) is 5.67 Å². The molecule has 1 aromatic rings. The number of aryl methyl sites for hydroxylation is 1. The van der Waals surface area contributed by atoms with E-state index in [-0.39, 0.29) is 5.31 Å². The second-order valence-electron chi connectivity index (χ2n) is 6.32. The van der Waals surface area contributed by atoms with Crippen molar-refractivity contribution in [1.82, 2.24) is 15.4 Å². The van der Waals surface area contributed by atoms with E-state index in [9.17, 15) is 0 Å². The van der Waals surface area contributed by atoms with Crippen LogP contribution in [0.2, 0.25) is 12.1 Å². The lowest BCUT2D eigenvalue weighted by molar-refractivity contribution is 0.114. The Balaban J connectivity index is 2.28. The van der Waals surface area contributed by atoms with Crippen molar-refractivity contribution in [2.24, 2.45) is 5.92 Å². The van der Waals surface area contributed by atoms with E-state index in [2.05, 4.69) is 43.4 Å². The maximum atomic E-state index is 15.1. The summed E-state index contributed by atoms with van der Waals surface area (Å²) in [5.74, 6) is 0.504. The number of nitrogens with one attached hydrogen (secondary N) is 1. The summed E-state index contributed by atoms with van der Waals surface area (Å²) < 4.78 is 15.1. The maximum absolute atomic E-state index is 15.1. The summed E-state index contributed by atoms with van der Waals surface area (Å²) in [4.78, 5) is 0. The van der Waals surface area contributed by atoms with E-state index in [1.54, 1.807) is 0 Å². The Morgan fingerprint density at radius 3 is 2.79 bits per heavy atom. The van der Waals surface area contributed by atoms with Gasteiger partial charge in [-0.3, -0.25) is 0 Å². The van der Waals surface area contributed by atoms with E-state index in [1.807, 2.05) is 6.92 Å². The smallest absolute Gasteiger partial charge is 0.156 e. The normalized spacial score (nSPS) is 28.4. The van der Waals surface area contributed by atoms with E-state index in [4.69, 9.17) is 0 Å². The highest BCUT2D eigenvalue weighted by atomic mass is 19.1. The summed E-state index contributed by atoms with van der Waals surface area (Å²) in [5.41, 5.74) is 0.0536. The first-order valence-electron chi connectivity index (χ1n) is 7.32. The van der Waals surface area contributed by atoms with Gasteiger partial charge in [-0.05, 0) is 38.0 Å².